The minimum absolute atomic E-state index is 0.0292. The van der Waals surface area contributed by atoms with E-state index < -0.39 is 0 Å². The molecular formula is C23H29N5O. The van der Waals surface area contributed by atoms with Crippen molar-refractivity contribution < 1.29 is 4.79 Å². The number of hydrogen-bond acceptors (Lipinski definition) is 4. The van der Waals surface area contributed by atoms with Crippen molar-refractivity contribution in [3.05, 3.63) is 59.4 Å². The first-order valence-corrected chi connectivity index (χ1v) is 10.5. The van der Waals surface area contributed by atoms with Crippen LogP contribution in [0.4, 0.5) is 0 Å². The zero-order valence-electron chi connectivity index (χ0n) is 17.4. The summed E-state index contributed by atoms with van der Waals surface area (Å²) in [6.07, 6.45) is 4.52. The van der Waals surface area contributed by atoms with Gasteiger partial charge in [0.25, 0.3) is 5.91 Å². The van der Waals surface area contributed by atoms with Crippen LogP contribution in [0.15, 0.2) is 42.7 Å². The van der Waals surface area contributed by atoms with E-state index in [1.165, 1.54) is 11.1 Å². The van der Waals surface area contributed by atoms with Gasteiger partial charge in [-0.1, -0.05) is 45.0 Å². The Kier molecular flexibility index (Phi) is 5.62. The summed E-state index contributed by atoms with van der Waals surface area (Å²) in [5.74, 6) is 0.518. The van der Waals surface area contributed by atoms with E-state index in [4.69, 9.17) is 0 Å². The highest BCUT2D eigenvalue weighted by atomic mass is 16.2. The molecule has 1 atom stereocenters. The smallest absolute Gasteiger partial charge is 0.256 e. The molecule has 0 spiro atoms. The van der Waals surface area contributed by atoms with Gasteiger partial charge in [0, 0.05) is 37.8 Å². The molecule has 6 heteroatoms. The van der Waals surface area contributed by atoms with Gasteiger partial charge < -0.3 is 10.2 Å². The first kappa shape index (κ1) is 19.6. The van der Waals surface area contributed by atoms with Gasteiger partial charge in [0.1, 0.15) is 0 Å². The fourth-order valence-corrected chi connectivity index (χ4v) is 3.95. The van der Waals surface area contributed by atoms with Crippen LogP contribution in [0.2, 0.25) is 0 Å². The average molecular weight is 392 g/mol. The van der Waals surface area contributed by atoms with E-state index in [0.717, 1.165) is 37.1 Å². The molecule has 3 aromatic rings. The first-order chi connectivity index (χ1) is 14.1. The van der Waals surface area contributed by atoms with Crippen LogP contribution in [0, 0.1) is 5.92 Å². The second kappa shape index (κ2) is 8.33. The van der Waals surface area contributed by atoms with Crippen molar-refractivity contribution in [2.45, 2.75) is 39.8 Å². The van der Waals surface area contributed by atoms with Crippen LogP contribution < -0.4 is 5.32 Å². The van der Waals surface area contributed by atoms with Crippen molar-refractivity contribution in [3.8, 4) is 0 Å². The maximum atomic E-state index is 13.4. The summed E-state index contributed by atoms with van der Waals surface area (Å²) in [4.78, 5) is 19.9. The van der Waals surface area contributed by atoms with Gasteiger partial charge in [0.15, 0.2) is 5.65 Å². The van der Waals surface area contributed by atoms with Gasteiger partial charge >= 0.3 is 0 Å². The Morgan fingerprint density at radius 2 is 2.03 bits per heavy atom. The Labute approximate surface area is 171 Å². The lowest BCUT2D eigenvalue weighted by Crippen LogP contribution is -2.48. The molecule has 4 rings (SSSR count). The molecule has 1 amide bonds. The zero-order valence-corrected chi connectivity index (χ0v) is 17.4. The van der Waals surface area contributed by atoms with Gasteiger partial charge in [-0.05, 0) is 29.5 Å². The third-order valence-electron chi connectivity index (χ3n) is 5.54. The average Bonchev–Trinajstić information content (AvgIpc) is 3.14. The standard InChI is InChI=1S/C23H29N5O/c1-4-17-5-7-18(8-6-17)21-14-24-9-10-27(21)23(29)20-11-19-13-26-28(15-16(2)3)22(19)25-12-20/h5-8,11-13,16,21,24H,4,9-10,14-15H2,1-3H3. The summed E-state index contributed by atoms with van der Waals surface area (Å²) in [5.41, 5.74) is 3.94. The fraction of sp³-hybridized carbons (Fsp3) is 0.435. The van der Waals surface area contributed by atoms with Crippen LogP contribution in [0.3, 0.4) is 0 Å². The van der Waals surface area contributed by atoms with Gasteiger partial charge in [0.2, 0.25) is 0 Å². The maximum absolute atomic E-state index is 13.4. The SMILES string of the molecule is CCc1ccc(C2CNCCN2C(=O)c2cnc3c(cnn3CC(C)C)c2)cc1. The van der Waals surface area contributed by atoms with Gasteiger partial charge in [-0.25, -0.2) is 9.67 Å². The summed E-state index contributed by atoms with van der Waals surface area (Å²) in [6, 6.07) is 10.6. The van der Waals surface area contributed by atoms with E-state index in [2.05, 4.69) is 60.4 Å². The summed E-state index contributed by atoms with van der Waals surface area (Å²) in [7, 11) is 0. The molecule has 3 heterocycles. The van der Waals surface area contributed by atoms with Gasteiger partial charge in [-0.15, -0.1) is 0 Å². The third-order valence-corrected chi connectivity index (χ3v) is 5.54. The van der Waals surface area contributed by atoms with Crippen molar-refractivity contribution in [3.63, 3.8) is 0 Å². The second-order valence-corrected chi connectivity index (χ2v) is 8.17. The molecule has 6 nitrogen and oxygen atoms in total. The minimum Gasteiger partial charge on any atom is -0.329 e. The Morgan fingerprint density at radius 3 is 2.76 bits per heavy atom. The molecule has 1 unspecified atom stereocenters. The van der Waals surface area contributed by atoms with E-state index in [1.54, 1.807) is 12.4 Å². The highest BCUT2D eigenvalue weighted by Crippen LogP contribution is 2.25. The van der Waals surface area contributed by atoms with E-state index in [-0.39, 0.29) is 11.9 Å². The number of aryl methyl sites for hydroxylation is 1. The summed E-state index contributed by atoms with van der Waals surface area (Å²) in [6.45, 7) is 9.53. The quantitative estimate of drug-likeness (QED) is 0.724. The molecule has 1 aliphatic rings. The van der Waals surface area contributed by atoms with Crippen LogP contribution >= 0.6 is 0 Å². The lowest BCUT2D eigenvalue weighted by atomic mass is 10.00. The predicted octanol–water partition coefficient (Wildman–Crippen LogP) is 3.44. The molecule has 0 bridgehead atoms. The summed E-state index contributed by atoms with van der Waals surface area (Å²) < 4.78 is 1.91. The van der Waals surface area contributed by atoms with E-state index >= 15 is 0 Å². The minimum atomic E-state index is 0.0292. The largest absolute Gasteiger partial charge is 0.329 e. The van der Waals surface area contributed by atoms with Crippen LogP contribution in [0.25, 0.3) is 11.0 Å². The monoisotopic (exact) mass is 391 g/mol. The molecule has 1 saturated heterocycles. The number of rotatable bonds is 5. The molecule has 29 heavy (non-hydrogen) atoms. The molecule has 152 valence electrons. The molecule has 0 aliphatic carbocycles. The lowest BCUT2D eigenvalue weighted by Gasteiger charge is -2.36. The number of benzene rings is 1. The Hall–Kier alpha value is -2.73. The number of carbonyl (C=O) groups excluding carboxylic acids is 1. The zero-order chi connectivity index (χ0) is 20.4. The van der Waals surface area contributed by atoms with Gasteiger partial charge in [0.05, 0.1) is 17.8 Å². The predicted molar refractivity (Wildman–Crippen MR) is 115 cm³/mol. The molecule has 0 saturated carbocycles. The molecule has 2 aromatic heterocycles. The summed E-state index contributed by atoms with van der Waals surface area (Å²) in [5, 5.41) is 8.79. The number of hydrogen-bond donors (Lipinski definition) is 1. The maximum Gasteiger partial charge on any atom is 0.256 e. The number of amides is 1. The highest BCUT2D eigenvalue weighted by molar-refractivity contribution is 5.97. The molecule has 0 radical (unpaired) electrons. The second-order valence-electron chi connectivity index (χ2n) is 8.17. The van der Waals surface area contributed by atoms with E-state index in [1.807, 2.05) is 15.6 Å². The topological polar surface area (TPSA) is 63.1 Å². The molecule has 1 aliphatic heterocycles. The number of nitrogens with one attached hydrogen (secondary N) is 1. The van der Waals surface area contributed by atoms with Crippen molar-refractivity contribution in [1.29, 1.82) is 0 Å². The van der Waals surface area contributed by atoms with Crippen molar-refractivity contribution in [2.75, 3.05) is 19.6 Å². The molecular weight excluding hydrogens is 362 g/mol. The van der Waals surface area contributed by atoms with Crippen LogP contribution in [-0.4, -0.2) is 45.2 Å². The Bertz CT molecular complexity index is 992. The number of piperazine rings is 1. The van der Waals surface area contributed by atoms with Crippen molar-refractivity contribution in [1.82, 2.24) is 25.0 Å². The van der Waals surface area contributed by atoms with Gasteiger partial charge in [-0.2, -0.15) is 5.10 Å². The molecule has 1 N–H and O–H groups in total. The number of fused-ring (bicyclic) bond motifs is 1. The Balaban J connectivity index is 1.60. The van der Waals surface area contributed by atoms with Crippen LogP contribution in [-0.2, 0) is 13.0 Å². The van der Waals surface area contributed by atoms with Crippen LogP contribution in [0.1, 0.15) is 48.3 Å². The van der Waals surface area contributed by atoms with E-state index in [0.29, 0.717) is 18.0 Å². The normalized spacial score (nSPS) is 17.2. The number of aromatic nitrogens is 3. The summed E-state index contributed by atoms with van der Waals surface area (Å²) >= 11 is 0. The van der Waals surface area contributed by atoms with E-state index in [9.17, 15) is 4.79 Å². The van der Waals surface area contributed by atoms with Crippen molar-refractivity contribution in [2.24, 2.45) is 5.92 Å². The third kappa shape index (κ3) is 4.03. The molecule has 1 fully saturated rings. The Morgan fingerprint density at radius 1 is 1.24 bits per heavy atom. The van der Waals surface area contributed by atoms with Gasteiger partial charge in [-0.3, -0.25) is 4.79 Å². The highest BCUT2D eigenvalue weighted by Gasteiger charge is 2.29. The fourth-order valence-electron chi connectivity index (χ4n) is 3.95. The molecule has 1 aromatic carbocycles. The van der Waals surface area contributed by atoms with Crippen molar-refractivity contribution >= 4 is 16.9 Å². The number of nitrogens with zero attached hydrogens (tertiary/aromatic N) is 4. The number of carbonyl (C=O) groups is 1. The number of pyridine rings is 1. The lowest BCUT2D eigenvalue weighted by molar-refractivity contribution is 0.0634. The van der Waals surface area contributed by atoms with Crippen LogP contribution in [0.5, 0.6) is 0 Å². The first-order valence-electron chi connectivity index (χ1n) is 10.5.